The summed E-state index contributed by atoms with van der Waals surface area (Å²) in [5.41, 5.74) is 7.29. The number of nitrogens with one attached hydrogen (secondary N) is 1. The van der Waals surface area contributed by atoms with E-state index in [-0.39, 0.29) is 29.4 Å². The molecule has 2 aromatic rings. The van der Waals surface area contributed by atoms with Gasteiger partial charge in [0, 0.05) is 31.1 Å². The first-order valence-electron chi connectivity index (χ1n) is 9.62. The summed E-state index contributed by atoms with van der Waals surface area (Å²) in [4.78, 5) is 13.1. The molecule has 0 saturated heterocycles. The summed E-state index contributed by atoms with van der Waals surface area (Å²) >= 11 is 5.78. The highest BCUT2D eigenvalue weighted by molar-refractivity contribution is 6.31. The summed E-state index contributed by atoms with van der Waals surface area (Å²) in [6, 6.07) is 10.4. The van der Waals surface area contributed by atoms with Crippen LogP contribution in [-0.2, 0) is 4.79 Å². The average Bonchev–Trinajstić information content (AvgIpc) is 3.04. The zero-order chi connectivity index (χ0) is 22.8. The Morgan fingerprint density at radius 1 is 1.29 bits per heavy atom. The normalized spacial score (nSPS) is 19.2. The van der Waals surface area contributed by atoms with Crippen molar-refractivity contribution in [2.24, 2.45) is 22.6 Å². The predicted molar refractivity (Wildman–Crippen MR) is 114 cm³/mol. The highest BCUT2D eigenvalue weighted by Gasteiger charge is 2.45. The smallest absolute Gasteiger partial charge is 0.248 e. The number of carbonyl (C=O) groups excluding carboxylic acids is 1. The number of hydrazone groups is 1. The highest BCUT2D eigenvalue weighted by Crippen LogP contribution is 2.45. The van der Waals surface area contributed by atoms with E-state index in [0.29, 0.717) is 11.1 Å². The molecule has 1 saturated carbocycles. The minimum Gasteiger partial charge on any atom is -0.382 e. The Balaban J connectivity index is 1.89. The maximum atomic E-state index is 13.9. The number of nitrogens with two attached hydrogens (primary N) is 2. The number of amidine groups is 1. The molecule has 0 spiro atoms. The molecule has 0 radical (unpaired) electrons. The van der Waals surface area contributed by atoms with Crippen molar-refractivity contribution >= 4 is 29.0 Å². The van der Waals surface area contributed by atoms with Crippen LogP contribution in [0.5, 0.6) is 0 Å². The van der Waals surface area contributed by atoms with Crippen LogP contribution in [0.2, 0.25) is 5.02 Å². The first-order chi connectivity index (χ1) is 14.6. The molecule has 0 aliphatic heterocycles. The van der Waals surface area contributed by atoms with Crippen LogP contribution >= 0.6 is 11.6 Å². The van der Waals surface area contributed by atoms with Gasteiger partial charge < -0.3 is 11.1 Å². The number of hydrogen-bond donors (Lipinski definition) is 3. The fraction of sp³-hybridized carbons (Fsp3) is 0.333. The van der Waals surface area contributed by atoms with Gasteiger partial charge in [-0.3, -0.25) is 4.79 Å². The maximum absolute atomic E-state index is 13.9. The molecule has 1 fully saturated rings. The van der Waals surface area contributed by atoms with Crippen LogP contribution < -0.4 is 16.9 Å². The van der Waals surface area contributed by atoms with Gasteiger partial charge in [0.2, 0.25) is 11.8 Å². The van der Waals surface area contributed by atoms with Gasteiger partial charge >= 0.3 is 0 Å². The summed E-state index contributed by atoms with van der Waals surface area (Å²) < 4.78 is 41.2. The van der Waals surface area contributed by atoms with Crippen LogP contribution in [0.1, 0.15) is 36.3 Å². The van der Waals surface area contributed by atoms with E-state index in [2.05, 4.69) is 10.4 Å². The molecule has 1 aliphatic rings. The van der Waals surface area contributed by atoms with Crippen LogP contribution in [0, 0.1) is 11.7 Å². The molecule has 0 bridgehead atoms. The summed E-state index contributed by atoms with van der Waals surface area (Å²) in [7, 11) is 1.52. The molecule has 31 heavy (non-hydrogen) atoms. The van der Waals surface area contributed by atoms with Crippen molar-refractivity contribution in [3.8, 4) is 0 Å². The fourth-order valence-electron chi connectivity index (χ4n) is 3.79. The number of hydrazine groups is 1. The third-order valence-corrected chi connectivity index (χ3v) is 5.50. The van der Waals surface area contributed by atoms with E-state index in [1.807, 2.05) is 0 Å². The maximum Gasteiger partial charge on any atom is 0.248 e. The molecule has 0 aromatic heterocycles. The average molecular weight is 454 g/mol. The standard InChI is InChI=1S/C21H23ClF3N5O/c1-30(27)29-19(26)13-4-2-12(3-5-13)18(14-8-9-21(24,25)11-14)20(31)28-15-6-7-17(23)16(22)10-15/h2-7,10,14,18H,8-9,11,27H2,1H3,(H2,26,29)(H,28,31). The second kappa shape index (κ2) is 9.15. The number of benzene rings is 2. The first-order valence-corrected chi connectivity index (χ1v) is 10.00. The number of nitrogens with zero attached hydrogens (tertiary/aromatic N) is 2. The van der Waals surface area contributed by atoms with Crippen LogP contribution in [0.3, 0.4) is 0 Å². The van der Waals surface area contributed by atoms with Crippen molar-refractivity contribution in [3.63, 3.8) is 0 Å². The summed E-state index contributed by atoms with van der Waals surface area (Å²) in [5, 5.41) is 7.49. The van der Waals surface area contributed by atoms with Crippen molar-refractivity contribution in [2.75, 3.05) is 12.4 Å². The van der Waals surface area contributed by atoms with Gasteiger partial charge in [-0.25, -0.2) is 24.1 Å². The van der Waals surface area contributed by atoms with Gasteiger partial charge in [0.05, 0.1) is 10.9 Å². The lowest BCUT2D eigenvalue weighted by Gasteiger charge is -2.24. The van der Waals surface area contributed by atoms with E-state index in [9.17, 15) is 18.0 Å². The summed E-state index contributed by atoms with van der Waals surface area (Å²) in [6.07, 6.45) is -0.457. The van der Waals surface area contributed by atoms with E-state index >= 15 is 0 Å². The lowest BCUT2D eigenvalue weighted by Crippen LogP contribution is -2.28. The molecule has 1 amide bonds. The third kappa shape index (κ3) is 5.68. The van der Waals surface area contributed by atoms with Gasteiger partial charge in [-0.05, 0) is 36.1 Å². The third-order valence-electron chi connectivity index (χ3n) is 5.21. The first kappa shape index (κ1) is 22.9. The number of amides is 1. The molecule has 2 atom stereocenters. The monoisotopic (exact) mass is 453 g/mol. The lowest BCUT2D eigenvalue weighted by molar-refractivity contribution is -0.118. The topological polar surface area (TPSA) is 96.7 Å². The van der Waals surface area contributed by atoms with Crippen LogP contribution in [-0.4, -0.2) is 29.8 Å². The van der Waals surface area contributed by atoms with E-state index in [0.717, 1.165) is 11.2 Å². The molecule has 2 unspecified atom stereocenters. The van der Waals surface area contributed by atoms with Crippen molar-refractivity contribution in [1.82, 2.24) is 5.12 Å². The van der Waals surface area contributed by atoms with Gasteiger partial charge in [-0.1, -0.05) is 35.9 Å². The Hall–Kier alpha value is -2.78. The zero-order valence-corrected chi connectivity index (χ0v) is 17.5. The van der Waals surface area contributed by atoms with E-state index in [1.54, 1.807) is 24.3 Å². The Morgan fingerprint density at radius 2 is 1.97 bits per heavy atom. The molecule has 3 rings (SSSR count). The van der Waals surface area contributed by atoms with Gasteiger partial charge in [-0.2, -0.15) is 0 Å². The van der Waals surface area contributed by atoms with Crippen LogP contribution in [0.25, 0.3) is 0 Å². The molecule has 1 aliphatic carbocycles. The van der Waals surface area contributed by atoms with Crippen molar-refractivity contribution in [3.05, 3.63) is 64.4 Å². The SMILES string of the molecule is CN(N)/N=C(\N)c1ccc(C(C(=O)Nc2ccc(F)c(Cl)c2)C2CCC(F)(F)C2)cc1. The minimum atomic E-state index is -2.81. The van der Waals surface area contributed by atoms with Gasteiger partial charge in [0.15, 0.2) is 5.84 Å². The highest BCUT2D eigenvalue weighted by atomic mass is 35.5. The van der Waals surface area contributed by atoms with E-state index in [1.165, 1.54) is 19.2 Å². The van der Waals surface area contributed by atoms with E-state index < -0.39 is 35.9 Å². The Kier molecular flexibility index (Phi) is 6.76. The predicted octanol–water partition coefficient (Wildman–Crippen LogP) is 4.06. The molecule has 10 heteroatoms. The second-order valence-corrected chi connectivity index (χ2v) is 8.04. The van der Waals surface area contributed by atoms with Crippen molar-refractivity contribution in [1.29, 1.82) is 0 Å². The molecule has 0 heterocycles. The van der Waals surface area contributed by atoms with Gasteiger partial charge in [0.1, 0.15) is 5.82 Å². The molecular weight excluding hydrogens is 431 g/mol. The van der Waals surface area contributed by atoms with Crippen LogP contribution in [0.4, 0.5) is 18.9 Å². The number of alkyl halides is 2. The Labute approximate surface area is 183 Å². The van der Waals surface area contributed by atoms with E-state index in [4.69, 9.17) is 23.2 Å². The number of carbonyl (C=O) groups is 1. The number of rotatable bonds is 6. The quantitative estimate of drug-likeness (QED) is 0.266. The lowest BCUT2D eigenvalue weighted by atomic mass is 9.83. The molecule has 6 nitrogen and oxygen atoms in total. The molecule has 2 aromatic carbocycles. The zero-order valence-electron chi connectivity index (χ0n) is 16.8. The van der Waals surface area contributed by atoms with Crippen molar-refractivity contribution < 1.29 is 18.0 Å². The molecule has 166 valence electrons. The summed E-state index contributed by atoms with van der Waals surface area (Å²) in [6.45, 7) is 0. The number of anilines is 1. The molecular formula is C21H23ClF3N5O. The van der Waals surface area contributed by atoms with Gasteiger partial charge in [0.25, 0.3) is 0 Å². The van der Waals surface area contributed by atoms with Crippen LogP contribution in [0.15, 0.2) is 47.6 Å². The van der Waals surface area contributed by atoms with Crippen molar-refractivity contribution in [2.45, 2.75) is 31.1 Å². The number of halogens is 4. The largest absolute Gasteiger partial charge is 0.382 e. The number of hydrogen-bond acceptors (Lipinski definition) is 4. The second-order valence-electron chi connectivity index (χ2n) is 7.64. The molecule has 5 N–H and O–H groups in total. The Bertz CT molecular complexity index is 981. The summed E-state index contributed by atoms with van der Waals surface area (Å²) in [5.74, 6) is 0.336. The fourth-order valence-corrected chi connectivity index (χ4v) is 3.97. The minimum absolute atomic E-state index is 0.147. The Morgan fingerprint density at radius 3 is 2.52 bits per heavy atom. The van der Waals surface area contributed by atoms with Gasteiger partial charge in [-0.15, -0.1) is 5.10 Å².